The highest BCUT2D eigenvalue weighted by Gasteiger charge is 2.29. The van der Waals surface area contributed by atoms with Gasteiger partial charge in [-0.05, 0) is 18.9 Å². The molecule has 0 saturated carbocycles. The van der Waals surface area contributed by atoms with E-state index in [1.54, 1.807) is 0 Å². The molecule has 0 bridgehead atoms. The molecule has 0 amide bonds. The Kier molecular flexibility index (Phi) is 7.87. The highest BCUT2D eigenvalue weighted by molar-refractivity contribution is 6.22. The van der Waals surface area contributed by atoms with Gasteiger partial charge in [-0.2, -0.15) is 0 Å². The maximum atomic E-state index is 6.25. The van der Waals surface area contributed by atoms with Gasteiger partial charge in [0.25, 0.3) is 0 Å². The van der Waals surface area contributed by atoms with Gasteiger partial charge in [0.05, 0.1) is 0 Å². The Balaban J connectivity index is 2.65. The first kappa shape index (κ1) is 16.9. The van der Waals surface area contributed by atoms with Gasteiger partial charge in [0.1, 0.15) is 0 Å². The van der Waals surface area contributed by atoms with Gasteiger partial charge in [0.2, 0.25) is 0 Å². The minimum atomic E-state index is -0.0526. The van der Waals surface area contributed by atoms with Crippen LogP contribution < -0.4 is 0 Å². The second-order valence-electron chi connectivity index (χ2n) is 5.58. The van der Waals surface area contributed by atoms with Crippen molar-refractivity contribution in [1.29, 1.82) is 0 Å². The van der Waals surface area contributed by atoms with Gasteiger partial charge in [0, 0.05) is 17.2 Å². The Morgan fingerprint density at radius 1 is 0.895 bits per heavy atom. The predicted molar refractivity (Wildman–Crippen MR) is 87.7 cm³/mol. The molecule has 2 heteroatoms. The molecule has 0 saturated heterocycles. The van der Waals surface area contributed by atoms with Crippen molar-refractivity contribution >= 4 is 23.2 Å². The van der Waals surface area contributed by atoms with Crippen molar-refractivity contribution in [3.8, 4) is 0 Å². The monoisotopic (exact) mass is 300 g/mol. The summed E-state index contributed by atoms with van der Waals surface area (Å²) >= 11 is 12.5. The topological polar surface area (TPSA) is 0 Å². The van der Waals surface area contributed by atoms with Crippen LogP contribution in [0.2, 0.25) is 0 Å². The summed E-state index contributed by atoms with van der Waals surface area (Å²) < 4.78 is 0. The molecular formula is C17H26Cl2. The molecular weight excluding hydrogens is 275 g/mol. The number of unbranched alkanes of at least 4 members (excludes halogenated alkanes) is 4. The third-order valence-electron chi connectivity index (χ3n) is 3.93. The van der Waals surface area contributed by atoms with Crippen molar-refractivity contribution < 1.29 is 0 Å². The number of benzene rings is 1. The largest absolute Gasteiger partial charge is 0.126 e. The summed E-state index contributed by atoms with van der Waals surface area (Å²) in [6.07, 6.45) is 7.54. The molecule has 19 heavy (non-hydrogen) atoms. The van der Waals surface area contributed by atoms with Crippen molar-refractivity contribution in [3.05, 3.63) is 35.4 Å². The van der Waals surface area contributed by atoms with E-state index in [1.165, 1.54) is 43.2 Å². The van der Waals surface area contributed by atoms with E-state index in [2.05, 4.69) is 38.1 Å². The Hall–Kier alpha value is -0.200. The Labute approximate surface area is 128 Å². The molecule has 0 aliphatic rings. The smallest absolute Gasteiger partial charge is 0.0332 e. The molecule has 1 aromatic carbocycles. The molecule has 1 rings (SSSR count). The van der Waals surface area contributed by atoms with Crippen molar-refractivity contribution in [3.63, 3.8) is 0 Å². The molecule has 0 atom stereocenters. The molecule has 0 spiro atoms. The van der Waals surface area contributed by atoms with E-state index in [9.17, 15) is 0 Å². The van der Waals surface area contributed by atoms with Crippen LogP contribution in [0.5, 0.6) is 0 Å². The number of rotatable bonds is 9. The van der Waals surface area contributed by atoms with Crippen LogP contribution >= 0.6 is 23.2 Å². The zero-order valence-electron chi connectivity index (χ0n) is 12.2. The number of hydrogen-bond donors (Lipinski definition) is 0. The summed E-state index contributed by atoms with van der Waals surface area (Å²) in [5.74, 6) is 1.21. The normalized spacial score (nSPS) is 11.8. The summed E-state index contributed by atoms with van der Waals surface area (Å²) in [6, 6.07) is 8.68. The van der Waals surface area contributed by atoms with E-state index < -0.39 is 0 Å². The van der Waals surface area contributed by atoms with Crippen LogP contribution in [0.25, 0.3) is 0 Å². The SMILES string of the molecule is CCCCCCCC(CCl)(CCl)c1ccc(C)cc1. The molecule has 0 nitrogen and oxygen atoms in total. The van der Waals surface area contributed by atoms with Crippen LogP contribution in [0.3, 0.4) is 0 Å². The lowest BCUT2D eigenvalue weighted by molar-refractivity contribution is 0.453. The number of aryl methyl sites for hydroxylation is 1. The first-order valence-corrected chi connectivity index (χ1v) is 8.44. The molecule has 0 aromatic heterocycles. The summed E-state index contributed by atoms with van der Waals surface area (Å²) in [6.45, 7) is 4.35. The van der Waals surface area contributed by atoms with Crippen LogP contribution in [0.4, 0.5) is 0 Å². The first-order chi connectivity index (χ1) is 9.18. The Morgan fingerprint density at radius 2 is 1.47 bits per heavy atom. The number of hydrogen-bond acceptors (Lipinski definition) is 0. The van der Waals surface area contributed by atoms with Crippen molar-refractivity contribution in [2.75, 3.05) is 11.8 Å². The van der Waals surface area contributed by atoms with Gasteiger partial charge in [-0.15, -0.1) is 23.2 Å². The average Bonchev–Trinajstić information content (AvgIpc) is 2.45. The molecule has 0 aliphatic carbocycles. The molecule has 0 heterocycles. The van der Waals surface area contributed by atoms with Gasteiger partial charge in [0.15, 0.2) is 0 Å². The van der Waals surface area contributed by atoms with E-state index in [0.29, 0.717) is 11.8 Å². The van der Waals surface area contributed by atoms with Crippen LogP contribution in [0.15, 0.2) is 24.3 Å². The zero-order chi connectivity index (χ0) is 14.1. The molecule has 0 aliphatic heterocycles. The van der Waals surface area contributed by atoms with E-state index in [4.69, 9.17) is 23.2 Å². The second-order valence-corrected chi connectivity index (χ2v) is 6.11. The quantitative estimate of drug-likeness (QED) is 0.383. The number of halogens is 2. The minimum Gasteiger partial charge on any atom is -0.126 e. The van der Waals surface area contributed by atoms with Crippen molar-refractivity contribution in [2.24, 2.45) is 0 Å². The lowest BCUT2D eigenvalue weighted by Crippen LogP contribution is -2.30. The highest BCUT2D eigenvalue weighted by Crippen LogP contribution is 2.33. The minimum absolute atomic E-state index is 0.0526. The third-order valence-corrected chi connectivity index (χ3v) is 4.96. The van der Waals surface area contributed by atoms with Gasteiger partial charge in [-0.3, -0.25) is 0 Å². The van der Waals surface area contributed by atoms with E-state index in [0.717, 1.165) is 6.42 Å². The Bertz CT molecular complexity index is 339. The predicted octanol–water partition coefficient (Wildman–Crippen LogP) is 6.07. The second kappa shape index (κ2) is 8.87. The van der Waals surface area contributed by atoms with Crippen LogP contribution in [0.1, 0.15) is 56.6 Å². The maximum Gasteiger partial charge on any atom is 0.0332 e. The van der Waals surface area contributed by atoms with Gasteiger partial charge in [-0.1, -0.05) is 68.9 Å². The molecule has 0 N–H and O–H groups in total. The van der Waals surface area contributed by atoms with E-state index >= 15 is 0 Å². The number of alkyl halides is 2. The highest BCUT2D eigenvalue weighted by atomic mass is 35.5. The molecule has 1 aromatic rings. The zero-order valence-corrected chi connectivity index (χ0v) is 13.7. The van der Waals surface area contributed by atoms with Crippen molar-refractivity contribution in [1.82, 2.24) is 0 Å². The van der Waals surface area contributed by atoms with Gasteiger partial charge in [-0.25, -0.2) is 0 Å². The molecule has 0 fully saturated rings. The molecule has 0 radical (unpaired) electrons. The van der Waals surface area contributed by atoms with Crippen LogP contribution in [-0.4, -0.2) is 11.8 Å². The van der Waals surface area contributed by atoms with Gasteiger partial charge >= 0.3 is 0 Å². The van der Waals surface area contributed by atoms with E-state index in [1.807, 2.05) is 0 Å². The lowest BCUT2D eigenvalue weighted by Gasteiger charge is -2.30. The maximum absolute atomic E-state index is 6.25. The average molecular weight is 301 g/mol. The Morgan fingerprint density at radius 3 is 2.00 bits per heavy atom. The summed E-state index contributed by atoms with van der Waals surface area (Å²) in [7, 11) is 0. The summed E-state index contributed by atoms with van der Waals surface area (Å²) in [4.78, 5) is 0. The van der Waals surface area contributed by atoms with Gasteiger partial charge < -0.3 is 0 Å². The first-order valence-electron chi connectivity index (χ1n) is 7.37. The fourth-order valence-electron chi connectivity index (χ4n) is 2.44. The molecule has 0 unspecified atom stereocenters. The fourth-order valence-corrected chi connectivity index (χ4v) is 3.30. The summed E-state index contributed by atoms with van der Waals surface area (Å²) in [5.41, 5.74) is 2.52. The fraction of sp³-hybridized carbons (Fsp3) is 0.647. The van der Waals surface area contributed by atoms with Crippen LogP contribution in [-0.2, 0) is 5.41 Å². The third kappa shape index (κ3) is 5.00. The standard InChI is InChI=1S/C17H26Cl2/c1-3-4-5-6-7-12-17(13-18,14-19)16-10-8-15(2)9-11-16/h8-11H,3-7,12-14H2,1-2H3. The molecule has 108 valence electrons. The van der Waals surface area contributed by atoms with Crippen molar-refractivity contribution in [2.45, 2.75) is 57.8 Å². The van der Waals surface area contributed by atoms with Crippen LogP contribution in [0, 0.1) is 6.92 Å². The summed E-state index contributed by atoms with van der Waals surface area (Å²) in [5, 5.41) is 0. The van der Waals surface area contributed by atoms with E-state index in [-0.39, 0.29) is 5.41 Å². The lowest BCUT2D eigenvalue weighted by atomic mass is 9.79.